The van der Waals surface area contributed by atoms with Gasteiger partial charge in [0.05, 0.1) is 5.52 Å². The molecule has 2 nitrogen and oxygen atoms in total. The monoisotopic (exact) mass is 228 g/mol. The summed E-state index contributed by atoms with van der Waals surface area (Å²) in [6.07, 6.45) is 3.03. The Kier molecular flexibility index (Phi) is 3.62. The van der Waals surface area contributed by atoms with Gasteiger partial charge in [0.25, 0.3) is 0 Å². The molecule has 0 spiro atoms. The van der Waals surface area contributed by atoms with Crippen molar-refractivity contribution in [2.24, 2.45) is 5.92 Å². The van der Waals surface area contributed by atoms with Crippen molar-refractivity contribution >= 4 is 16.6 Å². The lowest BCUT2D eigenvalue weighted by Gasteiger charge is -2.22. The highest BCUT2D eigenvalue weighted by molar-refractivity contribution is 5.91. The Balaban J connectivity index is 2.30. The van der Waals surface area contributed by atoms with Gasteiger partial charge in [0.15, 0.2) is 0 Å². The fourth-order valence-electron chi connectivity index (χ4n) is 1.97. The number of aromatic nitrogens is 1. The lowest BCUT2D eigenvalue weighted by atomic mass is 10.0. The Hall–Kier alpha value is -1.57. The largest absolute Gasteiger partial charge is 0.382 e. The molecule has 0 bridgehead atoms. The molecule has 0 aliphatic carbocycles. The van der Waals surface area contributed by atoms with E-state index in [4.69, 9.17) is 0 Å². The van der Waals surface area contributed by atoms with Gasteiger partial charge in [0, 0.05) is 23.3 Å². The number of hydrogen-bond donors (Lipinski definition) is 1. The van der Waals surface area contributed by atoms with E-state index in [-0.39, 0.29) is 0 Å². The van der Waals surface area contributed by atoms with Gasteiger partial charge in [-0.15, -0.1) is 0 Å². The van der Waals surface area contributed by atoms with Crippen molar-refractivity contribution < 1.29 is 0 Å². The second-order valence-electron chi connectivity index (χ2n) is 4.69. The van der Waals surface area contributed by atoms with E-state index >= 15 is 0 Å². The highest BCUT2D eigenvalue weighted by Crippen LogP contribution is 2.23. The van der Waals surface area contributed by atoms with Crippen LogP contribution in [-0.4, -0.2) is 11.0 Å². The first kappa shape index (κ1) is 11.9. The van der Waals surface area contributed by atoms with E-state index in [1.54, 1.807) is 0 Å². The van der Waals surface area contributed by atoms with Crippen LogP contribution in [0, 0.1) is 5.92 Å². The second kappa shape index (κ2) is 5.17. The summed E-state index contributed by atoms with van der Waals surface area (Å²) in [5.41, 5.74) is 2.23. The number of nitrogens with one attached hydrogen (secondary N) is 1. The van der Waals surface area contributed by atoms with Gasteiger partial charge < -0.3 is 5.32 Å². The summed E-state index contributed by atoms with van der Waals surface area (Å²) in [6.45, 7) is 6.75. The molecule has 2 atom stereocenters. The van der Waals surface area contributed by atoms with E-state index in [0.717, 1.165) is 5.52 Å². The van der Waals surface area contributed by atoms with E-state index in [1.807, 2.05) is 12.3 Å². The van der Waals surface area contributed by atoms with E-state index < -0.39 is 0 Å². The average Bonchev–Trinajstić information content (AvgIpc) is 2.38. The Morgan fingerprint density at radius 1 is 1.18 bits per heavy atom. The van der Waals surface area contributed by atoms with Crippen LogP contribution in [-0.2, 0) is 0 Å². The molecule has 0 saturated carbocycles. The highest BCUT2D eigenvalue weighted by atomic mass is 14.9. The number of benzene rings is 1. The smallest absolute Gasteiger partial charge is 0.0722 e. The molecule has 2 unspecified atom stereocenters. The first-order chi connectivity index (χ1) is 8.22. The summed E-state index contributed by atoms with van der Waals surface area (Å²) in [6, 6.07) is 10.8. The van der Waals surface area contributed by atoms with Crippen molar-refractivity contribution in [1.29, 1.82) is 0 Å². The SMILES string of the molecule is CCC(C)C(C)Nc1cccc2ncccc12. The number of nitrogens with zero attached hydrogens (tertiary/aromatic N) is 1. The van der Waals surface area contributed by atoms with Crippen molar-refractivity contribution in [2.75, 3.05) is 5.32 Å². The topological polar surface area (TPSA) is 24.9 Å². The zero-order valence-electron chi connectivity index (χ0n) is 10.8. The summed E-state index contributed by atoms with van der Waals surface area (Å²) in [5.74, 6) is 0.668. The van der Waals surface area contributed by atoms with Gasteiger partial charge in [-0.2, -0.15) is 0 Å². The Bertz CT molecular complexity index is 488. The molecule has 0 radical (unpaired) electrons. The van der Waals surface area contributed by atoms with Crippen LogP contribution in [0.5, 0.6) is 0 Å². The van der Waals surface area contributed by atoms with Gasteiger partial charge in [-0.05, 0) is 37.1 Å². The third-order valence-electron chi connectivity index (χ3n) is 3.53. The zero-order valence-corrected chi connectivity index (χ0v) is 10.8. The van der Waals surface area contributed by atoms with E-state index in [1.165, 1.54) is 17.5 Å². The van der Waals surface area contributed by atoms with Crippen LogP contribution in [0.15, 0.2) is 36.5 Å². The minimum Gasteiger partial charge on any atom is -0.382 e. The van der Waals surface area contributed by atoms with Crippen LogP contribution in [0.1, 0.15) is 27.2 Å². The number of rotatable bonds is 4. The lowest BCUT2D eigenvalue weighted by molar-refractivity contribution is 0.495. The molecule has 1 aromatic heterocycles. The van der Waals surface area contributed by atoms with E-state index in [2.05, 4.69) is 55.3 Å². The Labute approximate surface area is 103 Å². The minimum absolute atomic E-state index is 0.478. The lowest BCUT2D eigenvalue weighted by Crippen LogP contribution is -2.23. The molecule has 1 aromatic carbocycles. The van der Waals surface area contributed by atoms with Crippen LogP contribution in [0.25, 0.3) is 10.9 Å². The molecule has 17 heavy (non-hydrogen) atoms. The predicted octanol–water partition coefficient (Wildman–Crippen LogP) is 4.08. The molecular formula is C15H20N2. The standard InChI is InChI=1S/C15H20N2/c1-4-11(2)12(3)17-15-9-5-8-14-13(15)7-6-10-16-14/h5-12,17H,4H2,1-3H3. The third kappa shape index (κ3) is 2.57. The first-order valence-corrected chi connectivity index (χ1v) is 6.32. The predicted molar refractivity (Wildman–Crippen MR) is 74.3 cm³/mol. The summed E-state index contributed by atoms with van der Waals surface area (Å²) in [4.78, 5) is 4.37. The number of pyridine rings is 1. The summed E-state index contributed by atoms with van der Waals surface area (Å²) < 4.78 is 0. The van der Waals surface area contributed by atoms with Gasteiger partial charge >= 0.3 is 0 Å². The number of anilines is 1. The van der Waals surface area contributed by atoms with E-state index in [0.29, 0.717) is 12.0 Å². The molecule has 1 N–H and O–H groups in total. The minimum atomic E-state index is 0.478. The summed E-state index contributed by atoms with van der Waals surface area (Å²) >= 11 is 0. The fourth-order valence-corrected chi connectivity index (χ4v) is 1.97. The van der Waals surface area contributed by atoms with Crippen molar-refractivity contribution in [2.45, 2.75) is 33.2 Å². The molecule has 2 aromatic rings. The zero-order chi connectivity index (χ0) is 12.3. The molecule has 2 heteroatoms. The molecular weight excluding hydrogens is 208 g/mol. The molecule has 2 rings (SSSR count). The second-order valence-corrected chi connectivity index (χ2v) is 4.69. The number of hydrogen-bond acceptors (Lipinski definition) is 2. The van der Waals surface area contributed by atoms with Crippen LogP contribution in [0.2, 0.25) is 0 Å². The van der Waals surface area contributed by atoms with Crippen molar-refractivity contribution in [3.8, 4) is 0 Å². The van der Waals surface area contributed by atoms with Gasteiger partial charge in [-0.1, -0.05) is 26.3 Å². The summed E-state index contributed by atoms with van der Waals surface area (Å²) in [7, 11) is 0. The van der Waals surface area contributed by atoms with Crippen molar-refractivity contribution in [3.63, 3.8) is 0 Å². The quantitative estimate of drug-likeness (QED) is 0.852. The molecule has 0 amide bonds. The maximum Gasteiger partial charge on any atom is 0.0722 e. The number of fused-ring (bicyclic) bond motifs is 1. The van der Waals surface area contributed by atoms with Crippen molar-refractivity contribution in [3.05, 3.63) is 36.5 Å². The van der Waals surface area contributed by atoms with Gasteiger partial charge in [0.2, 0.25) is 0 Å². The Morgan fingerprint density at radius 2 is 2.00 bits per heavy atom. The van der Waals surface area contributed by atoms with Gasteiger partial charge in [-0.25, -0.2) is 0 Å². The average molecular weight is 228 g/mol. The van der Waals surface area contributed by atoms with Crippen LogP contribution < -0.4 is 5.32 Å². The maximum atomic E-state index is 4.37. The fraction of sp³-hybridized carbons (Fsp3) is 0.400. The molecule has 1 heterocycles. The molecule has 0 saturated heterocycles. The van der Waals surface area contributed by atoms with Crippen molar-refractivity contribution in [1.82, 2.24) is 4.98 Å². The van der Waals surface area contributed by atoms with Gasteiger partial charge in [-0.3, -0.25) is 4.98 Å². The molecule has 90 valence electrons. The van der Waals surface area contributed by atoms with Crippen LogP contribution >= 0.6 is 0 Å². The normalized spacial score (nSPS) is 14.5. The first-order valence-electron chi connectivity index (χ1n) is 6.32. The molecule has 0 aliphatic heterocycles. The highest BCUT2D eigenvalue weighted by Gasteiger charge is 2.11. The van der Waals surface area contributed by atoms with Gasteiger partial charge in [0.1, 0.15) is 0 Å². The molecule has 0 aliphatic rings. The van der Waals surface area contributed by atoms with Crippen LogP contribution in [0.3, 0.4) is 0 Å². The van der Waals surface area contributed by atoms with E-state index in [9.17, 15) is 0 Å². The van der Waals surface area contributed by atoms with Crippen LogP contribution in [0.4, 0.5) is 5.69 Å². The molecule has 0 fully saturated rings. The third-order valence-corrected chi connectivity index (χ3v) is 3.53. The maximum absolute atomic E-state index is 4.37. The Morgan fingerprint density at radius 3 is 2.76 bits per heavy atom. The summed E-state index contributed by atoms with van der Waals surface area (Å²) in [5, 5.41) is 4.79.